The Labute approximate surface area is 167 Å². The van der Waals surface area contributed by atoms with Crippen LogP contribution < -0.4 is 70.4 Å². The van der Waals surface area contributed by atoms with Crippen molar-refractivity contribution in [1.29, 1.82) is 0 Å². The Kier molecular flexibility index (Phi) is 16.5. The first-order valence-corrected chi connectivity index (χ1v) is 4.53. The van der Waals surface area contributed by atoms with E-state index >= 15 is 0 Å². The third-order valence-corrected chi connectivity index (χ3v) is 2.12. The molecular weight excluding hydrogens is 310 g/mol. The Morgan fingerprint density at radius 2 is 1.14 bits per heavy atom. The van der Waals surface area contributed by atoms with E-state index in [1.54, 1.807) is 0 Å². The van der Waals surface area contributed by atoms with Gasteiger partial charge in [0.2, 0.25) is 0 Å². The van der Waals surface area contributed by atoms with Crippen molar-refractivity contribution in [1.82, 2.24) is 6.15 Å². The molecule has 0 unspecified atom stereocenters. The maximum Gasteiger partial charge on any atom is 1.00 e. The van der Waals surface area contributed by atoms with Gasteiger partial charge in [0.15, 0.2) is 19.6 Å². The summed E-state index contributed by atoms with van der Waals surface area (Å²) in [5.74, 6) is -6.57. The number of hydrogen-bond donors (Lipinski definition) is 4. The molecule has 0 aliphatic heterocycles. The number of carboxylic acids is 4. The summed E-state index contributed by atoms with van der Waals surface area (Å²) >= 11 is 0. The maximum absolute atomic E-state index is 10.7. The van der Waals surface area contributed by atoms with E-state index in [-0.39, 0.29) is 68.1 Å². The van der Waals surface area contributed by atoms with E-state index in [4.69, 9.17) is 15.3 Å². The van der Waals surface area contributed by atoms with Crippen LogP contribution in [0, 0.1) is 0 Å². The van der Waals surface area contributed by atoms with Gasteiger partial charge >= 0.3 is 77.0 Å². The molecule has 0 aliphatic rings. The van der Waals surface area contributed by atoms with Gasteiger partial charge in [-0.3, -0.25) is 4.48 Å². The second kappa shape index (κ2) is 12.1. The summed E-state index contributed by atoms with van der Waals surface area (Å²) in [6.07, 6.45) is 0. The van der Waals surface area contributed by atoms with Crippen molar-refractivity contribution in [2.24, 2.45) is 0 Å². The molecule has 0 rings (SSSR count). The average molecular weight is 326 g/mol. The molecule has 0 aliphatic carbocycles. The number of hydrogen-bond acceptors (Lipinski definition) is 6. The molecule has 6 N–H and O–H groups in total. The zero-order valence-electron chi connectivity index (χ0n) is 13.9. The Morgan fingerprint density at radius 3 is 1.29 bits per heavy atom. The van der Waals surface area contributed by atoms with E-state index in [0.717, 1.165) is 0 Å². The summed E-state index contributed by atoms with van der Waals surface area (Å²) in [4.78, 5) is 42.6. The van der Waals surface area contributed by atoms with E-state index in [1.807, 2.05) is 0 Å². The number of carboxylic acid groups (broad SMARTS) is 4. The Hall–Kier alpha value is -0.460. The molecule has 0 bridgehead atoms. The van der Waals surface area contributed by atoms with E-state index in [2.05, 4.69) is 6.58 Å². The average Bonchev–Trinajstić information content (AvgIpc) is 2.12. The zero-order valence-corrected chi connectivity index (χ0v) is 15.9. The molecule has 0 fully saturated rings. The van der Waals surface area contributed by atoms with E-state index in [1.165, 1.54) is 0 Å². The molecule has 12 heteroatoms. The molecule has 0 heterocycles. The Balaban J connectivity index is -0.000000144. The molecule has 0 amide bonds. The monoisotopic (exact) mass is 326 g/mol. The number of carbonyl (C=O) groups excluding carboxylic acids is 1. The molecule has 0 aromatic carbocycles. The van der Waals surface area contributed by atoms with Crippen molar-refractivity contribution in [3.05, 3.63) is 12.3 Å². The minimum Gasteiger partial charge on any atom is -1.00 e. The summed E-state index contributed by atoms with van der Waals surface area (Å²) in [7, 11) is 0. The fourth-order valence-electron chi connectivity index (χ4n) is 1.42. The smallest absolute Gasteiger partial charge is 1.00 e. The number of aliphatic carboxylic acids is 4. The molecule has 0 aromatic heterocycles. The van der Waals surface area contributed by atoms with E-state index in [0.29, 0.717) is 0 Å². The summed E-state index contributed by atoms with van der Waals surface area (Å²) in [6.45, 7) is -0.103. The van der Waals surface area contributed by atoms with Gasteiger partial charge in [0.1, 0.15) is 11.7 Å². The Bertz CT molecular complexity index is 395. The fraction of sp³-hybridized carbons (Fsp3) is 0.333. The van der Waals surface area contributed by atoms with Crippen LogP contribution in [-0.4, -0.2) is 63.3 Å². The second-order valence-corrected chi connectivity index (χ2v) is 3.53. The van der Waals surface area contributed by atoms with Gasteiger partial charge in [0.25, 0.3) is 0 Å². The van der Waals surface area contributed by atoms with Gasteiger partial charge < -0.3 is 34.2 Å². The van der Waals surface area contributed by atoms with E-state index in [9.17, 15) is 24.3 Å². The molecule has 0 spiro atoms. The normalized spacial score (nSPS) is 9.14. The molecule has 0 saturated heterocycles. The van der Waals surface area contributed by atoms with Crippen LogP contribution in [0.1, 0.15) is 2.85 Å². The summed E-state index contributed by atoms with van der Waals surface area (Å²) in [5.41, 5.74) is -0.915. The van der Waals surface area contributed by atoms with Gasteiger partial charge in [-0.25, -0.2) is 14.4 Å². The minimum atomic E-state index is -1.90. The first kappa shape index (κ1) is 28.7. The van der Waals surface area contributed by atoms with Gasteiger partial charge in [-0.2, -0.15) is 0 Å². The topological polar surface area (TPSA) is 187 Å². The predicted molar refractivity (Wildman–Crippen MR) is 59.2 cm³/mol. The second-order valence-electron chi connectivity index (χ2n) is 3.53. The molecule has 0 radical (unpaired) electrons. The van der Waals surface area contributed by atoms with Crippen LogP contribution in [0.25, 0.3) is 0 Å². The molecule has 0 aromatic rings. The minimum absolute atomic E-state index is 0. The summed E-state index contributed by atoms with van der Waals surface area (Å²) in [6, 6.07) is 0. The number of rotatable bonds is 8. The van der Waals surface area contributed by atoms with Gasteiger partial charge in [0.05, 0.1) is 0 Å². The van der Waals surface area contributed by atoms with Gasteiger partial charge in [-0.1, -0.05) is 0 Å². The molecule has 21 heavy (non-hydrogen) atoms. The van der Waals surface area contributed by atoms with Crippen molar-refractivity contribution in [3.8, 4) is 0 Å². The maximum atomic E-state index is 10.7. The predicted octanol–water partition coefficient (Wildman–Crippen LogP) is -8.28. The van der Waals surface area contributed by atoms with Crippen molar-refractivity contribution < 1.29 is 106 Å². The van der Waals surface area contributed by atoms with Crippen LogP contribution >= 0.6 is 0 Å². The third kappa shape index (κ3) is 9.98. The quantitative estimate of drug-likeness (QED) is 0.191. The van der Waals surface area contributed by atoms with Gasteiger partial charge in [0, 0.05) is 0 Å². The van der Waals surface area contributed by atoms with Crippen molar-refractivity contribution >= 4 is 23.9 Å². The van der Waals surface area contributed by atoms with Gasteiger partial charge in [-0.05, 0) is 6.58 Å². The van der Waals surface area contributed by atoms with Crippen LogP contribution in [0.3, 0.4) is 0 Å². The number of quaternary nitrogens is 1. The standard InChI is InChI=1S/C9H11NO8.H3N.2Na.2H/c1-5(9(17)18)10(2-6(11)12,3-7(13)14)4-8(15)16;;;;;/h1-4H2,(H3-,11,12,13,14,15,16,17,18);1H3;;;;/q;;2*+1;2*-1. The van der Waals surface area contributed by atoms with Crippen LogP contribution in [0.5, 0.6) is 0 Å². The fourth-order valence-corrected chi connectivity index (χ4v) is 1.42. The first-order valence-electron chi connectivity index (χ1n) is 4.53. The molecule has 0 atom stereocenters. The molecule has 0 saturated carbocycles. The number of nitrogens with zero attached hydrogens (tertiary/aromatic N) is 1. The van der Waals surface area contributed by atoms with Crippen LogP contribution in [0.2, 0.25) is 0 Å². The first-order chi connectivity index (χ1) is 8.10. The third-order valence-electron chi connectivity index (χ3n) is 2.12. The molecule has 10 nitrogen and oxygen atoms in total. The van der Waals surface area contributed by atoms with E-state index < -0.39 is 53.7 Å². The summed E-state index contributed by atoms with van der Waals surface area (Å²) < 4.78 is -1.34. The van der Waals surface area contributed by atoms with Crippen LogP contribution in [0.15, 0.2) is 12.3 Å². The van der Waals surface area contributed by atoms with Crippen molar-refractivity contribution in [3.63, 3.8) is 0 Å². The van der Waals surface area contributed by atoms with Crippen LogP contribution in [-0.2, 0) is 19.2 Å². The van der Waals surface area contributed by atoms with Crippen LogP contribution in [0.4, 0.5) is 0 Å². The van der Waals surface area contributed by atoms with Crippen molar-refractivity contribution in [2.75, 3.05) is 19.6 Å². The summed E-state index contributed by atoms with van der Waals surface area (Å²) in [5, 5.41) is 36.6. The molecule has 112 valence electrons. The zero-order chi connectivity index (χ0) is 14.5. The number of carbonyl (C=O) groups is 4. The van der Waals surface area contributed by atoms with Gasteiger partial charge in [-0.15, -0.1) is 0 Å². The van der Waals surface area contributed by atoms with Crippen molar-refractivity contribution in [2.45, 2.75) is 0 Å². The molecular formula is C9H16N2Na2O8. The SMILES string of the molecule is C=C(C(=O)[O-])[N+](CC(=O)O)(CC(=O)O)CC(=O)O.N.[H-].[H-].[Na+].[Na+]. The Morgan fingerprint density at radius 1 is 0.905 bits per heavy atom. The largest absolute Gasteiger partial charge is 1.00 e.